The molecule has 156 valence electrons. The van der Waals surface area contributed by atoms with E-state index in [2.05, 4.69) is 26.4 Å². The molecule has 1 aliphatic heterocycles. The predicted octanol–water partition coefficient (Wildman–Crippen LogP) is 4.51. The molecule has 1 unspecified atom stereocenters. The summed E-state index contributed by atoms with van der Waals surface area (Å²) in [5.41, 5.74) is 5.22. The van der Waals surface area contributed by atoms with Crippen LogP contribution in [-0.4, -0.2) is 34.0 Å². The Hall–Kier alpha value is -2.99. The Kier molecular flexibility index (Phi) is 5.95. The van der Waals surface area contributed by atoms with Gasteiger partial charge in [0.15, 0.2) is 0 Å². The molecule has 0 bridgehead atoms. The van der Waals surface area contributed by atoms with E-state index < -0.39 is 0 Å². The minimum absolute atomic E-state index is 0.0441. The Morgan fingerprint density at radius 2 is 2.00 bits per heavy atom. The summed E-state index contributed by atoms with van der Waals surface area (Å²) in [4.78, 5) is 19.7. The smallest absolute Gasteiger partial charge is 0.241 e. The molecule has 1 N–H and O–H groups in total. The molecule has 1 fully saturated rings. The minimum atomic E-state index is -0.0441. The summed E-state index contributed by atoms with van der Waals surface area (Å²) in [5, 5.41) is 7.27. The summed E-state index contributed by atoms with van der Waals surface area (Å²) in [6, 6.07) is 14.1. The van der Waals surface area contributed by atoms with E-state index in [0.717, 1.165) is 47.3 Å². The lowest BCUT2D eigenvalue weighted by Gasteiger charge is -2.31. The second kappa shape index (κ2) is 8.79. The zero-order chi connectivity index (χ0) is 21.1. The second-order valence-corrected chi connectivity index (χ2v) is 8.21. The van der Waals surface area contributed by atoms with Crippen LogP contribution in [0.3, 0.4) is 0 Å². The van der Waals surface area contributed by atoms with Crippen molar-refractivity contribution in [1.82, 2.24) is 15.0 Å². The maximum Gasteiger partial charge on any atom is 0.241 e. The molecule has 0 spiro atoms. The van der Waals surface area contributed by atoms with Crippen LogP contribution in [0, 0.1) is 26.7 Å². The van der Waals surface area contributed by atoms with Gasteiger partial charge in [0.25, 0.3) is 0 Å². The first-order valence-electron chi connectivity index (χ1n) is 10.5. The van der Waals surface area contributed by atoms with Gasteiger partial charge >= 0.3 is 0 Å². The van der Waals surface area contributed by atoms with Crippen LogP contribution in [0.25, 0.3) is 11.4 Å². The number of benzene rings is 2. The van der Waals surface area contributed by atoms with E-state index in [1.54, 1.807) is 0 Å². The number of rotatable bonds is 5. The molecule has 2 heterocycles. The lowest BCUT2D eigenvalue weighted by Crippen LogP contribution is -2.40. The van der Waals surface area contributed by atoms with Crippen molar-refractivity contribution in [2.24, 2.45) is 5.92 Å². The molecule has 1 atom stereocenters. The van der Waals surface area contributed by atoms with Crippen LogP contribution < -0.4 is 5.32 Å². The van der Waals surface area contributed by atoms with E-state index in [1.807, 2.05) is 57.2 Å². The highest BCUT2D eigenvalue weighted by Gasteiger charge is 2.27. The molecule has 4 rings (SSSR count). The van der Waals surface area contributed by atoms with E-state index in [4.69, 9.17) is 4.52 Å². The molecule has 1 amide bonds. The average molecular weight is 405 g/mol. The van der Waals surface area contributed by atoms with Crippen molar-refractivity contribution in [2.45, 2.75) is 40.2 Å². The first-order valence-corrected chi connectivity index (χ1v) is 10.5. The molecule has 1 saturated heterocycles. The molecule has 3 aromatic rings. The number of anilines is 1. The number of nitrogens with one attached hydrogen (secondary N) is 1. The van der Waals surface area contributed by atoms with Crippen molar-refractivity contribution in [3.8, 4) is 11.4 Å². The van der Waals surface area contributed by atoms with Crippen LogP contribution in [0.15, 0.2) is 47.0 Å². The number of aromatic nitrogens is 2. The molecule has 6 nitrogen and oxygen atoms in total. The van der Waals surface area contributed by atoms with Gasteiger partial charge in [0, 0.05) is 17.8 Å². The maximum absolute atomic E-state index is 12.9. The third-order valence-electron chi connectivity index (χ3n) is 5.74. The van der Waals surface area contributed by atoms with Gasteiger partial charge in [0.1, 0.15) is 0 Å². The second-order valence-electron chi connectivity index (χ2n) is 8.21. The lowest BCUT2D eigenvalue weighted by molar-refractivity contribution is -0.121. The van der Waals surface area contributed by atoms with Crippen LogP contribution >= 0.6 is 0 Å². The van der Waals surface area contributed by atoms with Gasteiger partial charge in [-0.05, 0) is 62.9 Å². The van der Waals surface area contributed by atoms with Crippen LogP contribution in [0.5, 0.6) is 0 Å². The molecule has 2 aromatic carbocycles. The van der Waals surface area contributed by atoms with Crippen LogP contribution in [0.2, 0.25) is 0 Å². The molecule has 1 aromatic heterocycles. The molecule has 0 saturated carbocycles. The fraction of sp³-hybridized carbons (Fsp3) is 0.375. The summed E-state index contributed by atoms with van der Waals surface area (Å²) in [7, 11) is 0. The fourth-order valence-corrected chi connectivity index (χ4v) is 3.96. The SMILES string of the molecule is Cc1ccc(C)c(NC(=O)C2CCCN(Cc3nc(-c4ccccc4C)no3)C2)c1. The summed E-state index contributed by atoms with van der Waals surface area (Å²) in [5.74, 6) is 1.24. The molecule has 0 aliphatic carbocycles. The van der Waals surface area contributed by atoms with Crippen LogP contribution in [0.4, 0.5) is 5.69 Å². The summed E-state index contributed by atoms with van der Waals surface area (Å²) in [6.45, 7) is 8.27. The van der Waals surface area contributed by atoms with Gasteiger partial charge in [-0.2, -0.15) is 4.98 Å². The number of nitrogens with zero attached hydrogens (tertiary/aromatic N) is 3. The first kappa shape index (κ1) is 20.3. The zero-order valence-corrected chi connectivity index (χ0v) is 17.8. The number of amides is 1. The predicted molar refractivity (Wildman–Crippen MR) is 117 cm³/mol. The molecule has 1 aliphatic rings. The van der Waals surface area contributed by atoms with Gasteiger partial charge < -0.3 is 9.84 Å². The monoisotopic (exact) mass is 404 g/mol. The van der Waals surface area contributed by atoms with Gasteiger partial charge in [-0.15, -0.1) is 0 Å². The molecular formula is C24H28N4O2. The number of hydrogen-bond acceptors (Lipinski definition) is 5. The standard InChI is InChI=1S/C24H28N4O2/c1-16-10-11-18(3)21(13-16)25-24(29)19-8-6-12-28(14-19)15-22-26-23(27-30-22)20-9-5-4-7-17(20)2/h4-5,7,9-11,13,19H,6,8,12,14-15H2,1-3H3,(H,25,29). The molecule has 30 heavy (non-hydrogen) atoms. The largest absolute Gasteiger partial charge is 0.338 e. The van der Waals surface area contributed by atoms with Gasteiger partial charge in [-0.3, -0.25) is 9.69 Å². The summed E-state index contributed by atoms with van der Waals surface area (Å²) in [6.07, 6.45) is 1.87. The van der Waals surface area contributed by atoms with Gasteiger partial charge in [0.2, 0.25) is 17.6 Å². The van der Waals surface area contributed by atoms with Crippen molar-refractivity contribution >= 4 is 11.6 Å². The Morgan fingerprint density at radius 3 is 2.83 bits per heavy atom. The lowest BCUT2D eigenvalue weighted by atomic mass is 9.96. The van der Waals surface area contributed by atoms with Crippen molar-refractivity contribution < 1.29 is 9.32 Å². The zero-order valence-electron chi connectivity index (χ0n) is 17.8. The van der Waals surface area contributed by atoms with Crippen LogP contribution in [0.1, 0.15) is 35.4 Å². The Labute approximate surface area is 177 Å². The normalized spacial score (nSPS) is 17.1. The first-order chi connectivity index (χ1) is 14.5. The highest BCUT2D eigenvalue weighted by Crippen LogP contribution is 2.24. The maximum atomic E-state index is 12.9. The highest BCUT2D eigenvalue weighted by molar-refractivity contribution is 5.93. The Morgan fingerprint density at radius 1 is 1.17 bits per heavy atom. The van der Waals surface area contributed by atoms with Crippen molar-refractivity contribution in [3.63, 3.8) is 0 Å². The fourth-order valence-electron chi connectivity index (χ4n) is 3.96. The quantitative estimate of drug-likeness (QED) is 0.677. The van der Waals surface area contributed by atoms with Gasteiger partial charge in [0.05, 0.1) is 12.5 Å². The summed E-state index contributed by atoms with van der Waals surface area (Å²) >= 11 is 0. The van der Waals surface area contributed by atoms with Crippen molar-refractivity contribution in [3.05, 3.63) is 65.0 Å². The number of aryl methyl sites for hydroxylation is 3. The number of carbonyl (C=O) groups excluding carboxylic acids is 1. The van der Waals surface area contributed by atoms with E-state index >= 15 is 0 Å². The Bertz CT molecular complexity index is 1040. The minimum Gasteiger partial charge on any atom is -0.338 e. The van der Waals surface area contributed by atoms with Crippen molar-refractivity contribution in [1.29, 1.82) is 0 Å². The average Bonchev–Trinajstić information content (AvgIpc) is 3.19. The topological polar surface area (TPSA) is 71.3 Å². The van der Waals surface area contributed by atoms with Gasteiger partial charge in [-0.25, -0.2) is 0 Å². The molecular weight excluding hydrogens is 376 g/mol. The molecule has 0 radical (unpaired) electrons. The van der Waals surface area contributed by atoms with Gasteiger partial charge in [-0.1, -0.05) is 41.6 Å². The number of hydrogen-bond donors (Lipinski definition) is 1. The third-order valence-corrected chi connectivity index (χ3v) is 5.74. The van der Waals surface area contributed by atoms with E-state index in [0.29, 0.717) is 24.8 Å². The van der Waals surface area contributed by atoms with Crippen LogP contribution in [-0.2, 0) is 11.3 Å². The van der Waals surface area contributed by atoms with E-state index in [1.165, 1.54) is 0 Å². The third kappa shape index (κ3) is 4.60. The van der Waals surface area contributed by atoms with E-state index in [-0.39, 0.29) is 11.8 Å². The Balaban J connectivity index is 1.39. The number of carbonyl (C=O) groups is 1. The number of piperidine rings is 1. The van der Waals surface area contributed by atoms with Crippen molar-refractivity contribution in [2.75, 3.05) is 18.4 Å². The summed E-state index contributed by atoms with van der Waals surface area (Å²) < 4.78 is 5.49. The molecule has 6 heteroatoms. The highest BCUT2D eigenvalue weighted by atomic mass is 16.5. The number of likely N-dealkylation sites (tertiary alicyclic amines) is 1. The van der Waals surface area contributed by atoms with E-state index in [9.17, 15) is 4.79 Å².